The van der Waals surface area contributed by atoms with Crippen molar-refractivity contribution in [3.8, 4) is 5.75 Å². The van der Waals surface area contributed by atoms with Gasteiger partial charge in [0.2, 0.25) is 17.7 Å². The predicted molar refractivity (Wildman–Crippen MR) is 161 cm³/mol. The third-order valence-corrected chi connectivity index (χ3v) is 8.01. The summed E-state index contributed by atoms with van der Waals surface area (Å²) in [4.78, 5) is 47.9. The van der Waals surface area contributed by atoms with Gasteiger partial charge in [0, 0.05) is 50.0 Å². The summed E-state index contributed by atoms with van der Waals surface area (Å²) in [5.41, 5.74) is 13.5. The van der Waals surface area contributed by atoms with Crippen LogP contribution >= 0.6 is 0 Å². The standard InChI is InChI=1S/C30H48N8O4/c1-18(2)23(31)15-34-24(12-20-7-9-22(39)10-8-20)29(41)37-26(19(3)4)16-35-25(13-21-14-33-17-36-21)30(42)38-11-5-6-27(38)28(32)40/h7-10,14,17-19,23-27,34-35,39H,5-6,11-13,15-16,31H2,1-4H3,(H2,32,40)(H,33,36)(H,37,41)/t23-,24+,25+,26-,27+/m1/s1. The van der Waals surface area contributed by atoms with Gasteiger partial charge in [0.1, 0.15) is 11.8 Å². The number of phenolic OH excluding ortho intramolecular Hbond substituents is 1. The monoisotopic (exact) mass is 584 g/mol. The van der Waals surface area contributed by atoms with Crippen molar-refractivity contribution in [3.63, 3.8) is 0 Å². The Morgan fingerprint density at radius 1 is 1.05 bits per heavy atom. The molecule has 1 saturated heterocycles. The van der Waals surface area contributed by atoms with Crippen molar-refractivity contribution in [1.29, 1.82) is 0 Å². The van der Waals surface area contributed by atoms with E-state index in [2.05, 4.69) is 25.9 Å². The van der Waals surface area contributed by atoms with Crippen LogP contribution in [0.3, 0.4) is 0 Å². The van der Waals surface area contributed by atoms with Crippen molar-refractivity contribution >= 4 is 17.7 Å². The zero-order valence-corrected chi connectivity index (χ0v) is 25.2. The van der Waals surface area contributed by atoms with Crippen LogP contribution in [0.25, 0.3) is 0 Å². The lowest BCUT2D eigenvalue weighted by Crippen LogP contribution is -2.57. The number of carbonyl (C=O) groups excluding carboxylic acids is 3. The SMILES string of the molecule is CC(C)[C@H](N)CN[C@@H](Cc1ccc(O)cc1)C(=O)N[C@H](CN[C@@H](Cc1cnc[nH]1)C(=O)N1CCC[C@H]1C(N)=O)C(C)C. The molecule has 0 bridgehead atoms. The molecule has 2 heterocycles. The van der Waals surface area contributed by atoms with E-state index in [1.54, 1.807) is 41.7 Å². The molecule has 2 aromatic rings. The molecule has 0 radical (unpaired) electrons. The highest BCUT2D eigenvalue weighted by Crippen LogP contribution is 2.19. The molecule has 5 atom stereocenters. The second-order valence-electron chi connectivity index (χ2n) is 11.9. The second kappa shape index (κ2) is 15.7. The first kappa shape index (κ1) is 33.0. The van der Waals surface area contributed by atoms with Gasteiger partial charge in [0.15, 0.2) is 0 Å². The average molecular weight is 585 g/mol. The number of phenols is 1. The Kier molecular flexibility index (Phi) is 12.3. The first-order chi connectivity index (χ1) is 20.0. The molecule has 1 aliphatic heterocycles. The van der Waals surface area contributed by atoms with E-state index >= 15 is 0 Å². The third-order valence-electron chi connectivity index (χ3n) is 8.01. The van der Waals surface area contributed by atoms with E-state index in [9.17, 15) is 19.5 Å². The van der Waals surface area contributed by atoms with Gasteiger partial charge in [-0.25, -0.2) is 4.98 Å². The van der Waals surface area contributed by atoms with Gasteiger partial charge < -0.3 is 42.4 Å². The molecule has 0 unspecified atom stereocenters. The largest absolute Gasteiger partial charge is 0.508 e. The van der Waals surface area contributed by atoms with E-state index in [4.69, 9.17) is 11.5 Å². The number of primary amides is 1. The molecule has 1 aromatic heterocycles. The highest BCUT2D eigenvalue weighted by atomic mass is 16.3. The fourth-order valence-electron chi connectivity index (χ4n) is 5.03. The average Bonchev–Trinajstić information content (AvgIpc) is 3.65. The number of aromatic amines is 1. The summed E-state index contributed by atoms with van der Waals surface area (Å²) in [5, 5.41) is 19.6. The molecule has 1 fully saturated rings. The summed E-state index contributed by atoms with van der Waals surface area (Å²) in [5.74, 6) is -0.412. The summed E-state index contributed by atoms with van der Waals surface area (Å²) < 4.78 is 0. The summed E-state index contributed by atoms with van der Waals surface area (Å²) in [6.07, 6.45) is 5.26. The zero-order valence-electron chi connectivity index (χ0n) is 25.2. The lowest BCUT2D eigenvalue weighted by atomic mass is 10.00. The minimum Gasteiger partial charge on any atom is -0.508 e. The summed E-state index contributed by atoms with van der Waals surface area (Å²) in [7, 11) is 0. The molecular weight excluding hydrogens is 536 g/mol. The molecule has 42 heavy (non-hydrogen) atoms. The fourth-order valence-corrected chi connectivity index (χ4v) is 5.03. The summed E-state index contributed by atoms with van der Waals surface area (Å²) in [6.45, 7) is 9.38. The van der Waals surface area contributed by atoms with Crippen molar-refractivity contribution in [2.24, 2.45) is 23.3 Å². The van der Waals surface area contributed by atoms with Crippen molar-refractivity contribution < 1.29 is 19.5 Å². The van der Waals surface area contributed by atoms with Gasteiger partial charge >= 0.3 is 0 Å². The van der Waals surface area contributed by atoms with Gasteiger partial charge in [0.05, 0.1) is 18.4 Å². The summed E-state index contributed by atoms with van der Waals surface area (Å²) >= 11 is 0. The van der Waals surface area contributed by atoms with Crippen LogP contribution in [-0.2, 0) is 27.2 Å². The first-order valence-electron chi connectivity index (χ1n) is 14.8. The number of H-pyrrole nitrogens is 1. The number of aromatic nitrogens is 2. The highest BCUT2D eigenvalue weighted by Gasteiger charge is 2.36. The second-order valence-corrected chi connectivity index (χ2v) is 11.9. The Bertz CT molecular complexity index is 1140. The van der Waals surface area contributed by atoms with Crippen LogP contribution in [-0.4, -0.2) is 87.5 Å². The van der Waals surface area contributed by atoms with Crippen molar-refractivity contribution in [1.82, 2.24) is 30.8 Å². The number of likely N-dealkylation sites (tertiary alicyclic amines) is 1. The smallest absolute Gasteiger partial charge is 0.240 e. The van der Waals surface area contributed by atoms with Gasteiger partial charge in [-0.15, -0.1) is 0 Å². The first-order valence-corrected chi connectivity index (χ1v) is 14.8. The topological polar surface area (TPSA) is 191 Å². The van der Waals surface area contributed by atoms with Crippen LogP contribution in [0.1, 0.15) is 51.8 Å². The zero-order chi connectivity index (χ0) is 30.8. The molecule has 12 heteroatoms. The molecule has 9 N–H and O–H groups in total. The number of aromatic hydroxyl groups is 1. The summed E-state index contributed by atoms with van der Waals surface area (Å²) in [6, 6.07) is 4.58. The van der Waals surface area contributed by atoms with Crippen molar-refractivity contribution in [2.75, 3.05) is 19.6 Å². The molecule has 0 aliphatic carbocycles. The van der Waals surface area contributed by atoms with Gasteiger partial charge in [-0.2, -0.15) is 0 Å². The minimum absolute atomic E-state index is 0.0572. The number of nitrogens with two attached hydrogens (primary N) is 2. The number of imidazole rings is 1. The van der Waals surface area contributed by atoms with Crippen LogP contribution in [0.2, 0.25) is 0 Å². The maximum atomic E-state index is 13.6. The molecule has 12 nitrogen and oxygen atoms in total. The molecule has 0 saturated carbocycles. The van der Waals surface area contributed by atoms with Gasteiger partial charge in [-0.3, -0.25) is 14.4 Å². The van der Waals surface area contributed by atoms with Crippen LogP contribution in [0, 0.1) is 11.8 Å². The molecule has 3 amide bonds. The maximum absolute atomic E-state index is 13.6. The molecule has 1 aromatic carbocycles. The number of rotatable bonds is 16. The normalized spacial score (nSPS) is 18.2. The van der Waals surface area contributed by atoms with Gasteiger partial charge in [-0.1, -0.05) is 39.8 Å². The third kappa shape index (κ3) is 9.53. The van der Waals surface area contributed by atoms with E-state index in [1.807, 2.05) is 27.7 Å². The number of benzene rings is 1. The van der Waals surface area contributed by atoms with Gasteiger partial charge in [-0.05, 0) is 48.8 Å². The number of nitrogens with one attached hydrogen (secondary N) is 4. The maximum Gasteiger partial charge on any atom is 0.240 e. The highest BCUT2D eigenvalue weighted by molar-refractivity contribution is 5.89. The Balaban J connectivity index is 1.73. The lowest BCUT2D eigenvalue weighted by Gasteiger charge is -2.31. The predicted octanol–water partition coefficient (Wildman–Crippen LogP) is 0.417. The van der Waals surface area contributed by atoms with Crippen LogP contribution in [0.4, 0.5) is 0 Å². The Hall–Kier alpha value is -3.48. The molecule has 1 aliphatic rings. The van der Waals surface area contributed by atoms with E-state index in [0.717, 1.165) is 17.7 Å². The minimum atomic E-state index is -0.640. The number of carbonyl (C=O) groups is 3. The molecule has 232 valence electrons. The molecule has 3 rings (SSSR count). The van der Waals surface area contributed by atoms with Crippen LogP contribution in [0.15, 0.2) is 36.8 Å². The number of amides is 3. The molecular formula is C30H48N8O4. The van der Waals surface area contributed by atoms with Crippen LogP contribution in [0.5, 0.6) is 5.75 Å². The quantitative estimate of drug-likeness (QED) is 0.148. The lowest BCUT2D eigenvalue weighted by molar-refractivity contribution is -0.139. The van der Waals surface area contributed by atoms with Crippen molar-refractivity contribution in [3.05, 3.63) is 48.0 Å². The van der Waals surface area contributed by atoms with Gasteiger partial charge in [0.25, 0.3) is 0 Å². The van der Waals surface area contributed by atoms with E-state index < -0.39 is 24.0 Å². The van der Waals surface area contributed by atoms with E-state index in [0.29, 0.717) is 38.9 Å². The van der Waals surface area contributed by atoms with Crippen LogP contribution < -0.4 is 27.4 Å². The Labute approximate surface area is 248 Å². The van der Waals surface area contributed by atoms with E-state index in [-0.39, 0.29) is 41.5 Å². The number of hydrogen-bond donors (Lipinski definition) is 7. The van der Waals surface area contributed by atoms with E-state index in [1.165, 1.54) is 0 Å². The number of nitrogens with zero attached hydrogens (tertiary/aromatic N) is 2. The van der Waals surface area contributed by atoms with Crippen molar-refractivity contribution in [2.45, 2.75) is 83.6 Å². The number of hydrogen-bond acceptors (Lipinski definition) is 8. The Morgan fingerprint density at radius 2 is 1.74 bits per heavy atom. The Morgan fingerprint density at radius 3 is 2.33 bits per heavy atom. The molecule has 0 spiro atoms. The fraction of sp³-hybridized carbons (Fsp3) is 0.600.